The summed E-state index contributed by atoms with van der Waals surface area (Å²) in [6.07, 6.45) is 3.22. The Bertz CT molecular complexity index is 646. The Morgan fingerprint density at radius 1 is 1.11 bits per heavy atom. The molecule has 0 spiro atoms. The van der Waals surface area contributed by atoms with Gasteiger partial charge < -0.3 is 14.7 Å². The van der Waals surface area contributed by atoms with E-state index in [-0.39, 0.29) is 5.89 Å². The molecule has 3 heterocycles. The maximum Gasteiger partial charge on any atom is 0.294 e. The van der Waals surface area contributed by atoms with E-state index < -0.39 is 0 Å². The van der Waals surface area contributed by atoms with Gasteiger partial charge in [-0.2, -0.15) is 4.98 Å². The van der Waals surface area contributed by atoms with Crippen LogP contribution >= 0.6 is 0 Å². The molecule has 0 fully saturated rings. The van der Waals surface area contributed by atoms with Crippen molar-refractivity contribution in [3.8, 4) is 23.3 Å². The molecule has 90 valence electrons. The topological polar surface area (TPSA) is 104 Å². The number of hydrogen-bond donors (Lipinski definition) is 1. The van der Waals surface area contributed by atoms with E-state index in [0.717, 1.165) is 0 Å². The highest BCUT2D eigenvalue weighted by atomic mass is 16.5. The quantitative estimate of drug-likeness (QED) is 0.737. The average Bonchev–Trinajstić information content (AvgIpc) is 3.08. The van der Waals surface area contributed by atoms with E-state index in [2.05, 4.69) is 20.1 Å². The number of furan rings is 1. The Labute approximate surface area is 102 Å². The van der Waals surface area contributed by atoms with Crippen molar-refractivity contribution in [1.29, 1.82) is 0 Å². The van der Waals surface area contributed by atoms with Gasteiger partial charge in [0.15, 0.2) is 5.76 Å². The number of nitrogens with zero attached hydrogens (tertiary/aromatic N) is 4. The van der Waals surface area contributed by atoms with Crippen molar-refractivity contribution in [2.75, 3.05) is 0 Å². The summed E-state index contributed by atoms with van der Waals surface area (Å²) in [5.41, 5.74) is 5.46. The van der Waals surface area contributed by atoms with Gasteiger partial charge in [-0.05, 0) is 18.2 Å². The van der Waals surface area contributed by atoms with Crippen molar-refractivity contribution in [1.82, 2.24) is 20.1 Å². The number of aromatic nitrogens is 4. The molecule has 0 atom stereocenters. The van der Waals surface area contributed by atoms with Crippen molar-refractivity contribution in [3.63, 3.8) is 0 Å². The summed E-state index contributed by atoms with van der Waals surface area (Å²) in [7, 11) is 0. The number of hydrogen-bond acceptors (Lipinski definition) is 7. The van der Waals surface area contributed by atoms with Crippen LogP contribution in [0.3, 0.4) is 0 Å². The first-order valence-corrected chi connectivity index (χ1v) is 5.27. The minimum atomic E-state index is 0.275. The molecule has 3 rings (SSSR count). The summed E-state index contributed by atoms with van der Waals surface area (Å²) < 4.78 is 10.5. The fourth-order valence-corrected chi connectivity index (χ4v) is 1.43. The monoisotopic (exact) mass is 243 g/mol. The summed E-state index contributed by atoms with van der Waals surface area (Å²) in [6, 6.07) is 5.20. The Morgan fingerprint density at radius 3 is 2.67 bits per heavy atom. The molecule has 0 aliphatic rings. The van der Waals surface area contributed by atoms with Gasteiger partial charge in [0, 0.05) is 12.4 Å². The summed E-state index contributed by atoms with van der Waals surface area (Å²) in [5, 5.41) is 3.80. The van der Waals surface area contributed by atoms with Crippen LogP contribution in [-0.2, 0) is 6.54 Å². The minimum Gasteiger partial charge on any atom is -0.455 e. The standard InChI is InChI=1S/C11H9N5O2/c12-6-7-2-3-8(17-7)11-15-10(16-18-11)9-13-4-1-5-14-9/h1-5H,6,12H2. The summed E-state index contributed by atoms with van der Waals surface area (Å²) in [6.45, 7) is 0.322. The minimum absolute atomic E-state index is 0.275. The molecule has 7 heteroatoms. The molecule has 3 aromatic rings. The molecule has 0 bridgehead atoms. The lowest BCUT2D eigenvalue weighted by molar-refractivity contribution is 0.411. The number of nitrogens with two attached hydrogens (primary N) is 1. The molecule has 0 amide bonds. The maximum absolute atomic E-state index is 5.46. The van der Waals surface area contributed by atoms with E-state index in [4.69, 9.17) is 14.7 Å². The van der Waals surface area contributed by atoms with E-state index in [1.165, 1.54) is 0 Å². The van der Waals surface area contributed by atoms with E-state index in [1.807, 2.05) is 0 Å². The third-order valence-electron chi connectivity index (χ3n) is 2.27. The summed E-state index contributed by atoms with van der Waals surface area (Å²) in [5.74, 6) is 2.12. The number of rotatable bonds is 3. The van der Waals surface area contributed by atoms with Crippen LogP contribution in [0.5, 0.6) is 0 Å². The van der Waals surface area contributed by atoms with Crippen molar-refractivity contribution >= 4 is 0 Å². The van der Waals surface area contributed by atoms with Crippen molar-refractivity contribution in [2.24, 2.45) is 5.73 Å². The van der Waals surface area contributed by atoms with Crippen LogP contribution in [0.25, 0.3) is 23.3 Å². The summed E-state index contributed by atoms with van der Waals surface area (Å²) >= 11 is 0. The van der Waals surface area contributed by atoms with Gasteiger partial charge in [0.05, 0.1) is 6.54 Å². The largest absolute Gasteiger partial charge is 0.455 e. The third-order valence-corrected chi connectivity index (χ3v) is 2.27. The molecule has 0 saturated heterocycles. The molecule has 0 aromatic carbocycles. The van der Waals surface area contributed by atoms with Gasteiger partial charge in [0.25, 0.3) is 5.89 Å². The molecule has 0 saturated carbocycles. The summed E-state index contributed by atoms with van der Waals surface area (Å²) in [4.78, 5) is 12.2. The van der Waals surface area contributed by atoms with Gasteiger partial charge in [-0.25, -0.2) is 9.97 Å². The Hall–Kier alpha value is -2.54. The SMILES string of the molecule is NCc1ccc(-c2nc(-c3ncccn3)no2)o1. The molecule has 0 aliphatic heterocycles. The zero-order chi connectivity index (χ0) is 12.4. The first kappa shape index (κ1) is 10.6. The van der Waals surface area contributed by atoms with E-state index >= 15 is 0 Å². The Morgan fingerprint density at radius 2 is 1.94 bits per heavy atom. The van der Waals surface area contributed by atoms with Gasteiger partial charge in [0.2, 0.25) is 11.6 Å². The van der Waals surface area contributed by atoms with Crippen LogP contribution in [0.1, 0.15) is 5.76 Å². The van der Waals surface area contributed by atoms with Gasteiger partial charge >= 0.3 is 0 Å². The van der Waals surface area contributed by atoms with Gasteiger partial charge in [0.1, 0.15) is 5.76 Å². The molecule has 2 N–H and O–H groups in total. The zero-order valence-corrected chi connectivity index (χ0v) is 9.28. The highest BCUT2D eigenvalue weighted by Gasteiger charge is 2.15. The van der Waals surface area contributed by atoms with Crippen LogP contribution in [0, 0.1) is 0 Å². The van der Waals surface area contributed by atoms with E-state index in [1.54, 1.807) is 30.6 Å². The predicted molar refractivity (Wildman–Crippen MR) is 60.9 cm³/mol. The zero-order valence-electron chi connectivity index (χ0n) is 9.28. The first-order chi connectivity index (χ1) is 8.86. The molecule has 7 nitrogen and oxygen atoms in total. The molecular formula is C11H9N5O2. The lowest BCUT2D eigenvalue weighted by atomic mass is 10.4. The second-order valence-electron chi connectivity index (χ2n) is 3.47. The smallest absolute Gasteiger partial charge is 0.294 e. The van der Waals surface area contributed by atoms with Crippen molar-refractivity contribution in [3.05, 3.63) is 36.4 Å². The first-order valence-electron chi connectivity index (χ1n) is 5.27. The van der Waals surface area contributed by atoms with Gasteiger partial charge in [-0.15, -0.1) is 0 Å². The van der Waals surface area contributed by atoms with Crippen LogP contribution in [0.2, 0.25) is 0 Å². The molecule has 0 unspecified atom stereocenters. The second-order valence-corrected chi connectivity index (χ2v) is 3.47. The lowest BCUT2D eigenvalue weighted by Crippen LogP contribution is -1.92. The Balaban J connectivity index is 1.94. The van der Waals surface area contributed by atoms with Gasteiger partial charge in [-0.3, -0.25) is 0 Å². The maximum atomic E-state index is 5.46. The lowest BCUT2D eigenvalue weighted by Gasteiger charge is -1.89. The van der Waals surface area contributed by atoms with Crippen molar-refractivity contribution in [2.45, 2.75) is 6.54 Å². The molecule has 0 aliphatic carbocycles. The molecule has 18 heavy (non-hydrogen) atoms. The normalized spacial score (nSPS) is 10.7. The van der Waals surface area contributed by atoms with Crippen LogP contribution in [0.4, 0.5) is 0 Å². The Kier molecular flexibility index (Phi) is 2.58. The van der Waals surface area contributed by atoms with E-state index in [0.29, 0.717) is 29.7 Å². The fourth-order valence-electron chi connectivity index (χ4n) is 1.43. The van der Waals surface area contributed by atoms with Crippen LogP contribution < -0.4 is 5.73 Å². The molecular weight excluding hydrogens is 234 g/mol. The second kappa shape index (κ2) is 4.38. The fraction of sp³-hybridized carbons (Fsp3) is 0.0909. The highest BCUT2D eigenvalue weighted by molar-refractivity contribution is 5.50. The molecule has 0 radical (unpaired) electrons. The van der Waals surface area contributed by atoms with Gasteiger partial charge in [-0.1, -0.05) is 5.16 Å². The van der Waals surface area contributed by atoms with Crippen LogP contribution in [-0.4, -0.2) is 20.1 Å². The van der Waals surface area contributed by atoms with Crippen molar-refractivity contribution < 1.29 is 8.94 Å². The molecule has 3 aromatic heterocycles. The third kappa shape index (κ3) is 1.87. The average molecular weight is 243 g/mol. The predicted octanol–water partition coefficient (Wildman–Crippen LogP) is 1.25. The van der Waals surface area contributed by atoms with Crippen LogP contribution in [0.15, 0.2) is 39.5 Å². The highest BCUT2D eigenvalue weighted by Crippen LogP contribution is 2.22. The van der Waals surface area contributed by atoms with E-state index in [9.17, 15) is 0 Å².